The molecule has 2 aliphatic heterocycles. The maximum atomic E-state index is 13.4. The summed E-state index contributed by atoms with van der Waals surface area (Å²) >= 11 is 0. The Kier molecular flexibility index (Phi) is 5.97. The van der Waals surface area contributed by atoms with Crippen LogP contribution >= 0.6 is 0 Å². The van der Waals surface area contributed by atoms with Gasteiger partial charge in [0.2, 0.25) is 11.8 Å². The van der Waals surface area contributed by atoms with Crippen LogP contribution in [-0.4, -0.2) is 53.8 Å². The van der Waals surface area contributed by atoms with Crippen molar-refractivity contribution in [1.82, 2.24) is 15.1 Å². The lowest BCUT2D eigenvalue weighted by Gasteiger charge is -2.41. The zero-order chi connectivity index (χ0) is 18.7. The van der Waals surface area contributed by atoms with Crippen molar-refractivity contribution in [3.05, 3.63) is 35.4 Å². The number of carbonyl (C=O) groups is 2. The molecule has 0 radical (unpaired) electrons. The molecule has 0 saturated carbocycles. The first-order valence-electron chi connectivity index (χ1n) is 9.88. The van der Waals surface area contributed by atoms with Crippen LogP contribution in [0, 0.1) is 5.92 Å². The van der Waals surface area contributed by atoms with E-state index in [0.29, 0.717) is 19.0 Å². The monoisotopic (exact) mass is 357 g/mol. The van der Waals surface area contributed by atoms with E-state index in [2.05, 4.69) is 17.4 Å². The molecule has 3 unspecified atom stereocenters. The summed E-state index contributed by atoms with van der Waals surface area (Å²) in [6.07, 6.45) is 3.53. The van der Waals surface area contributed by atoms with Crippen LogP contribution in [0.4, 0.5) is 0 Å². The number of hydrogen-bond donors (Lipinski definition) is 1. The molecule has 2 heterocycles. The van der Waals surface area contributed by atoms with Gasteiger partial charge in [0.05, 0.1) is 0 Å². The Bertz CT molecular complexity index is 660. The Morgan fingerprint density at radius 3 is 2.69 bits per heavy atom. The topological polar surface area (TPSA) is 52.7 Å². The molecule has 2 amide bonds. The highest BCUT2D eigenvalue weighted by molar-refractivity contribution is 5.89. The van der Waals surface area contributed by atoms with Gasteiger partial charge in [0.25, 0.3) is 0 Å². The second-order valence-corrected chi connectivity index (χ2v) is 7.68. The number of carbonyl (C=O) groups excluding carboxylic acids is 2. The average molecular weight is 357 g/mol. The number of fused-ring (bicyclic) bond motifs is 1. The molecule has 142 valence electrons. The Hall–Kier alpha value is -1.88. The largest absolute Gasteiger partial charge is 0.339 e. The molecule has 1 N–H and O–H groups in total. The number of likely N-dealkylation sites (tertiary alicyclic amines) is 1. The summed E-state index contributed by atoms with van der Waals surface area (Å²) in [5.41, 5.74) is 2.36. The van der Waals surface area contributed by atoms with Gasteiger partial charge in [-0.05, 0) is 37.4 Å². The summed E-state index contributed by atoms with van der Waals surface area (Å²) in [5, 5.41) is 3.29. The van der Waals surface area contributed by atoms with Crippen molar-refractivity contribution in [2.45, 2.75) is 58.2 Å². The standard InChI is InChI=1S/C21H31N3O2/c1-4-15(2)20(25)24-13-17-9-6-5-8-16(17)12-19(24)21(26)23-11-7-10-18(14-23)22-3/h5-6,8-9,15,18-19,22H,4,7,10-14H2,1-3H3. The zero-order valence-electron chi connectivity index (χ0n) is 16.2. The molecule has 0 bridgehead atoms. The average Bonchev–Trinajstić information content (AvgIpc) is 2.71. The van der Waals surface area contributed by atoms with Gasteiger partial charge in [-0.2, -0.15) is 0 Å². The summed E-state index contributed by atoms with van der Waals surface area (Å²) in [5.74, 6) is 0.153. The third-order valence-corrected chi connectivity index (χ3v) is 5.99. The first-order chi connectivity index (χ1) is 12.5. The van der Waals surface area contributed by atoms with Gasteiger partial charge in [-0.1, -0.05) is 38.1 Å². The number of amides is 2. The van der Waals surface area contributed by atoms with Crippen LogP contribution in [0.25, 0.3) is 0 Å². The van der Waals surface area contributed by atoms with Gasteiger partial charge in [0.1, 0.15) is 6.04 Å². The third-order valence-electron chi connectivity index (χ3n) is 5.99. The maximum absolute atomic E-state index is 13.4. The van der Waals surface area contributed by atoms with Gasteiger partial charge in [-0.15, -0.1) is 0 Å². The summed E-state index contributed by atoms with van der Waals surface area (Å²) in [6.45, 7) is 6.06. The van der Waals surface area contributed by atoms with E-state index in [1.807, 2.05) is 42.8 Å². The smallest absolute Gasteiger partial charge is 0.245 e. The van der Waals surface area contributed by atoms with Crippen molar-refractivity contribution in [3.8, 4) is 0 Å². The number of hydrogen-bond acceptors (Lipinski definition) is 3. The molecule has 26 heavy (non-hydrogen) atoms. The number of rotatable bonds is 4. The molecule has 1 aromatic rings. The summed E-state index contributed by atoms with van der Waals surface area (Å²) in [7, 11) is 1.95. The van der Waals surface area contributed by atoms with Crippen LogP contribution in [-0.2, 0) is 22.6 Å². The normalized spacial score (nSPS) is 24.1. The minimum atomic E-state index is -0.373. The van der Waals surface area contributed by atoms with Crippen LogP contribution in [0.3, 0.4) is 0 Å². The highest BCUT2D eigenvalue weighted by atomic mass is 16.2. The lowest BCUT2D eigenvalue weighted by Crippen LogP contribution is -2.57. The van der Waals surface area contributed by atoms with E-state index >= 15 is 0 Å². The van der Waals surface area contributed by atoms with E-state index in [-0.39, 0.29) is 23.8 Å². The van der Waals surface area contributed by atoms with Crippen molar-refractivity contribution in [3.63, 3.8) is 0 Å². The molecule has 1 fully saturated rings. The highest BCUT2D eigenvalue weighted by Gasteiger charge is 2.38. The fourth-order valence-electron chi connectivity index (χ4n) is 4.06. The van der Waals surface area contributed by atoms with Gasteiger partial charge >= 0.3 is 0 Å². The maximum Gasteiger partial charge on any atom is 0.245 e. The van der Waals surface area contributed by atoms with E-state index in [1.54, 1.807) is 0 Å². The number of nitrogens with one attached hydrogen (secondary N) is 1. The molecule has 3 atom stereocenters. The number of piperidine rings is 1. The van der Waals surface area contributed by atoms with Crippen molar-refractivity contribution in [2.75, 3.05) is 20.1 Å². The molecule has 1 saturated heterocycles. The fraction of sp³-hybridized carbons (Fsp3) is 0.619. The number of nitrogens with zero attached hydrogens (tertiary/aromatic N) is 2. The molecule has 0 aromatic heterocycles. The van der Waals surface area contributed by atoms with Crippen molar-refractivity contribution in [2.24, 2.45) is 5.92 Å². The Morgan fingerprint density at radius 2 is 2.00 bits per heavy atom. The summed E-state index contributed by atoms with van der Waals surface area (Å²) in [4.78, 5) is 30.1. The minimum absolute atomic E-state index is 0.0537. The van der Waals surface area contributed by atoms with Gasteiger partial charge in [0.15, 0.2) is 0 Å². The predicted octanol–water partition coefficient (Wildman–Crippen LogP) is 2.20. The van der Waals surface area contributed by atoms with Crippen LogP contribution in [0.15, 0.2) is 24.3 Å². The molecule has 1 aromatic carbocycles. The highest BCUT2D eigenvalue weighted by Crippen LogP contribution is 2.27. The Balaban J connectivity index is 1.85. The molecule has 3 rings (SSSR count). The molecule has 0 spiro atoms. The molecule has 0 aliphatic carbocycles. The van der Waals surface area contributed by atoms with E-state index in [1.165, 1.54) is 11.1 Å². The molecular formula is C21H31N3O2. The van der Waals surface area contributed by atoms with Crippen molar-refractivity contribution < 1.29 is 9.59 Å². The van der Waals surface area contributed by atoms with E-state index in [4.69, 9.17) is 0 Å². The third kappa shape index (κ3) is 3.78. The second kappa shape index (κ2) is 8.21. The molecular weight excluding hydrogens is 326 g/mol. The zero-order valence-corrected chi connectivity index (χ0v) is 16.2. The van der Waals surface area contributed by atoms with Gasteiger partial charge < -0.3 is 15.1 Å². The van der Waals surface area contributed by atoms with E-state index in [0.717, 1.165) is 32.4 Å². The first-order valence-corrected chi connectivity index (χ1v) is 9.88. The van der Waals surface area contributed by atoms with Gasteiger partial charge in [-0.25, -0.2) is 0 Å². The van der Waals surface area contributed by atoms with Crippen LogP contribution in [0.5, 0.6) is 0 Å². The van der Waals surface area contributed by atoms with Crippen LogP contribution in [0.1, 0.15) is 44.2 Å². The molecule has 2 aliphatic rings. The quantitative estimate of drug-likeness (QED) is 0.899. The van der Waals surface area contributed by atoms with Crippen LogP contribution < -0.4 is 5.32 Å². The van der Waals surface area contributed by atoms with Gasteiger partial charge in [0, 0.05) is 38.0 Å². The molecule has 5 heteroatoms. The second-order valence-electron chi connectivity index (χ2n) is 7.68. The first kappa shape index (κ1) is 18.9. The minimum Gasteiger partial charge on any atom is -0.339 e. The lowest BCUT2D eigenvalue weighted by atomic mass is 9.91. The molecule has 5 nitrogen and oxygen atoms in total. The van der Waals surface area contributed by atoms with E-state index in [9.17, 15) is 9.59 Å². The summed E-state index contributed by atoms with van der Waals surface area (Å²) < 4.78 is 0. The Morgan fingerprint density at radius 1 is 1.27 bits per heavy atom. The number of likely N-dealkylation sites (N-methyl/N-ethyl adjacent to an activating group) is 1. The summed E-state index contributed by atoms with van der Waals surface area (Å²) in [6, 6.07) is 8.17. The van der Waals surface area contributed by atoms with Crippen molar-refractivity contribution >= 4 is 11.8 Å². The fourth-order valence-corrected chi connectivity index (χ4v) is 4.06. The SMILES string of the molecule is CCC(C)C(=O)N1Cc2ccccc2CC1C(=O)N1CCCC(NC)C1. The van der Waals surface area contributed by atoms with E-state index < -0.39 is 0 Å². The predicted molar refractivity (Wildman–Crippen MR) is 103 cm³/mol. The lowest BCUT2D eigenvalue weighted by molar-refractivity contribution is -0.150. The van der Waals surface area contributed by atoms with Crippen molar-refractivity contribution in [1.29, 1.82) is 0 Å². The van der Waals surface area contributed by atoms with Gasteiger partial charge in [-0.3, -0.25) is 9.59 Å². The van der Waals surface area contributed by atoms with Crippen LogP contribution in [0.2, 0.25) is 0 Å². The Labute approximate surface area is 156 Å². The number of benzene rings is 1.